The molecule has 3 rings (SSSR count). The van der Waals surface area contributed by atoms with Crippen molar-refractivity contribution in [2.24, 2.45) is 5.92 Å². The molecule has 8 nitrogen and oxygen atoms in total. The molecule has 1 aromatic rings. The van der Waals surface area contributed by atoms with Crippen LogP contribution in [0.15, 0.2) is 23.1 Å². The van der Waals surface area contributed by atoms with E-state index in [1.165, 1.54) is 14.7 Å². The predicted molar refractivity (Wildman–Crippen MR) is 110 cm³/mol. The highest BCUT2D eigenvalue weighted by Crippen LogP contribution is 2.31. The lowest BCUT2D eigenvalue weighted by Crippen LogP contribution is -2.41. The number of benzene rings is 1. The van der Waals surface area contributed by atoms with Gasteiger partial charge in [0.15, 0.2) is 0 Å². The van der Waals surface area contributed by atoms with Crippen LogP contribution >= 0.6 is 0 Å². The van der Waals surface area contributed by atoms with Crippen LogP contribution in [-0.2, 0) is 29.6 Å². The molecule has 0 atom stereocenters. The molecule has 2 saturated heterocycles. The molecule has 0 amide bonds. The van der Waals surface area contributed by atoms with Crippen LogP contribution in [0, 0.1) is 12.8 Å². The summed E-state index contributed by atoms with van der Waals surface area (Å²) in [6, 6.07) is 4.77. The van der Waals surface area contributed by atoms with Crippen molar-refractivity contribution in [3.05, 3.63) is 23.8 Å². The molecule has 2 fully saturated rings. The third-order valence-corrected chi connectivity index (χ3v) is 9.41. The molecule has 0 N–H and O–H groups in total. The van der Waals surface area contributed by atoms with Crippen molar-refractivity contribution in [1.82, 2.24) is 4.31 Å². The summed E-state index contributed by atoms with van der Waals surface area (Å²) in [4.78, 5) is 12.0. The minimum atomic E-state index is -3.79. The molecule has 29 heavy (non-hydrogen) atoms. The maximum Gasteiger partial charge on any atom is 0.309 e. The van der Waals surface area contributed by atoms with Crippen molar-refractivity contribution < 1.29 is 26.4 Å². The van der Waals surface area contributed by atoms with E-state index in [1.807, 2.05) is 0 Å². The van der Waals surface area contributed by atoms with Gasteiger partial charge in [0.05, 0.1) is 28.9 Å². The smallest absolute Gasteiger partial charge is 0.309 e. The fraction of sp³-hybridized carbons (Fsp3) is 0.632. The van der Waals surface area contributed by atoms with Crippen LogP contribution in [0.4, 0.5) is 5.69 Å². The summed E-state index contributed by atoms with van der Waals surface area (Å²) < 4.78 is 59.0. The highest BCUT2D eigenvalue weighted by atomic mass is 32.2. The summed E-state index contributed by atoms with van der Waals surface area (Å²) in [6.45, 7) is 4.58. The minimum absolute atomic E-state index is 0.0737. The van der Waals surface area contributed by atoms with Gasteiger partial charge in [0, 0.05) is 19.6 Å². The quantitative estimate of drug-likeness (QED) is 0.643. The Labute approximate surface area is 172 Å². The van der Waals surface area contributed by atoms with E-state index in [0.29, 0.717) is 43.7 Å². The van der Waals surface area contributed by atoms with Crippen LogP contribution in [0.5, 0.6) is 0 Å². The molecule has 10 heteroatoms. The number of esters is 1. The van der Waals surface area contributed by atoms with Gasteiger partial charge in [-0.2, -0.15) is 4.31 Å². The molecule has 162 valence electrons. The van der Waals surface area contributed by atoms with Gasteiger partial charge in [-0.3, -0.25) is 9.10 Å². The lowest BCUT2D eigenvalue weighted by Gasteiger charge is -2.31. The van der Waals surface area contributed by atoms with Gasteiger partial charge >= 0.3 is 5.97 Å². The number of aryl methyl sites for hydroxylation is 1. The lowest BCUT2D eigenvalue weighted by molar-refractivity contribution is -0.149. The number of ether oxygens (including phenoxy) is 1. The topological polar surface area (TPSA) is 101 Å². The van der Waals surface area contributed by atoms with Crippen molar-refractivity contribution >= 4 is 31.7 Å². The third-order valence-electron chi connectivity index (χ3n) is 5.50. The van der Waals surface area contributed by atoms with E-state index in [-0.39, 0.29) is 35.6 Å². The summed E-state index contributed by atoms with van der Waals surface area (Å²) in [5.74, 6) is -0.491. The average molecular weight is 445 g/mol. The van der Waals surface area contributed by atoms with E-state index >= 15 is 0 Å². The number of nitrogens with zero attached hydrogens (tertiary/aromatic N) is 2. The monoisotopic (exact) mass is 444 g/mol. The molecule has 0 saturated carbocycles. The Morgan fingerprint density at radius 3 is 2.48 bits per heavy atom. The van der Waals surface area contributed by atoms with Gasteiger partial charge in [0.2, 0.25) is 20.0 Å². The molecule has 0 spiro atoms. The lowest BCUT2D eigenvalue weighted by atomic mass is 9.98. The van der Waals surface area contributed by atoms with Gasteiger partial charge in [-0.25, -0.2) is 16.8 Å². The van der Waals surface area contributed by atoms with Gasteiger partial charge in [0.1, 0.15) is 0 Å². The first kappa shape index (κ1) is 22.0. The van der Waals surface area contributed by atoms with Crippen molar-refractivity contribution in [2.75, 3.05) is 36.3 Å². The van der Waals surface area contributed by atoms with Crippen molar-refractivity contribution in [3.8, 4) is 0 Å². The number of carbonyl (C=O) groups excluding carboxylic acids is 1. The largest absolute Gasteiger partial charge is 0.466 e. The van der Waals surface area contributed by atoms with Crippen molar-refractivity contribution in [1.29, 1.82) is 0 Å². The highest BCUT2D eigenvalue weighted by molar-refractivity contribution is 7.92. The first-order valence-electron chi connectivity index (χ1n) is 9.94. The fourth-order valence-corrected chi connectivity index (χ4v) is 7.18. The molecule has 2 aliphatic rings. The van der Waals surface area contributed by atoms with Crippen LogP contribution in [0.2, 0.25) is 0 Å². The van der Waals surface area contributed by atoms with Crippen LogP contribution in [0.3, 0.4) is 0 Å². The second kappa shape index (κ2) is 8.61. The van der Waals surface area contributed by atoms with Gasteiger partial charge in [0.25, 0.3) is 0 Å². The normalized spacial score (nSPS) is 21.1. The molecular formula is C19H28N2O6S2. The Hall–Kier alpha value is -1.65. The maximum absolute atomic E-state index is 13.2. The molecule has 2 aliphatic heterocycles. The van der Waals surface area contributed by atoms with E-state index in [9.17, 15) is 21.6 Å². The maximum atomic E-state index is 13.2. The zero-order valence-corrected chi connectivity index (χ0v) is 18.5. The zero-order valence-electron chi connectivity index (χ0n) is 16.8. The SMILES string of the molecule is CCOC(=O)C1CCN(S(=O)(=O)c2cc(N3CCCCS3(=O)=O)ccc2C)CC1. The number of anilines is 1. The minimum Gasteiger partial charge on any atom is -0.466 e. The third kappa shape index (κ3) is 4.59. The van der Waals surface area contributed by atoms with Crippen LogP contribution < -0.4 is 4.31 Å². The van der Waals surface area contributed by atoms with Gasteiger partial charge in [-0.15, -0.1) is 0 Å². The van der Waals surface area contributed by atoms with Gasteiger partial charge < -0.3 is 4.74 Å². The standard InChI is InChI=1S/C19H28N2O6S2/c1-3-27-19(22)16-8-11-20(12-9-16)29(25,26)18-14-17(7-6-15(18)2)21-10-4-5-13-28(21,23)24/h6-7,14,16H,3-5,8-13H2,1-2H3. The Balaban J connectivity index is 1.83. The molecule has 0 radical (unpaired) electrons. The molecule has 0 aromatic heterocycles. The molecular weight excluding hydrogens is 416 g/mol. The number of hydrogen-bond donors (Lipinski definition) is 0. The van der Waals surface area contributed by atoms with Crippen molar-refractivity contribution in [2.45, 2.75) is 44.4 Å². The molecule has 0 aliphatic carbocycles. The van der Waals surface area contributed by atoms with Crippen LogP contribution in [0.1, 0.15) is 38.2 Å². The van der Waals surface area contributed by atoms with Gasteiger partial charge in [-0.05, 0) is 57.2 Å². The molecule has 1 aromatic carbocycles. The second-order valence-electron chi connectivity index (χ2n) is 7.48. The summed E-state index contributed by atoms with van der Waals surface area (Å²) in [6.07, 6.45) is 2.19. The number of rotatable bonds is 5. The number of sulfonamides is 2. The van der Waals surface area contributed by atoms with E-state index in [1.54, 1.807) is 26.0 Å². The Morgan fingerprint density at radius 2 is 1.86 bits per heavy atom. The fourth-order valence-electron chi connectivity index (χ4n) is 3.83. The molecule has 0 unspecified atom stereocenters. The Morgan fingerprint density at radius 1 is 1.17 bits per heavy atom. The van der Waals surface area contributed by atoms with Crippen LogP contribution in [-0.4, -0.2) is 59.1 Å². The molecule has 0 bridgehead atoms. The second-order valence-corrected chi connectivity index (χ2v) is 11.4. The first-order valence-corrected chi connectivity index (χ1v) is 13.0. The van der Waals surface area contributed by atoms with E-state index in [2.05, 4.69) is 0 Å². The molecule has 2 heterocycles. The van der Waals surface area contributed by atoms with Crippen molar-refractivity contribution in [3.63, 3.8) is 0 Å². The Bertz CT molecular complexity index is 966. The summed E-state index contributed by atoms with van der Waals surface area (Å²) >= 11 is 0. The average Bonchev–Trinajstić information content (AvgIpc) is 2.68. The van der Waals surface area contributed by atoms with Gasteiger partial charge in [-0.1, -0.05) is 6.07 Å². The van der Waals surface area contributed by atoms with E-state index in [4.69, 9.17) is 4.74 Å². The van der Waals surface area contributed by atoms with E-state index in [0.717, 1.165) is 6.42 Å². The number of carbonyl (C=O) groups is 1. The number of hydrogen-bond acceptors (Lipinski definition) is 6. The first-order chi connectivity index (χ1) is 13.7. The summed E-state index contributed by atoms with van der Waals surface area (Å²) in [5.41, 5.74) is 0.950. The zero-order chi connectivity index (χ0) is 21.2. The predicted octanol–water partition coefficient (Wildman–Crippen LogP) is 1.89. The summed E-state index contributed by atoms with van der Waals surface area (Å²) in [7, 11) is -7.22. The summed E-state index contributed by atoms with van der Waals surface area (Å²) in [5, 5.41) is 0. The van der Waals surface area contributed by atoms with E-state index < -0.39 is 20.0 Å². The van der Waals surface area contributed by atoms with Crippen LogP contribution in [0.25, 0.3) is 0 Å². The number of piperidine rings is 1. The Kier molecular flexibility index (Phi) is 6.54. The highest BCUT2D eigenvalue weighted by Gasteiger charge is 2.34.